The average Bonchev–Trinajstić information content (AvgIpc) is 2.52. The zero-order valence-electron chi connectivity index (χ0n) is 13.1. The Kier molecular flexibility index (Phi) is 6.38. The van der Waals surface area contributed by atoms with E-state index in [1.54, 1.807) is 0 Å². The van der Waals surface area contributed by atoms with Crippen molar-refractivity contribution in [2.24, 2.45) is 5.92 Å². The number of para-hydroxylation sites is 1. The Hall–Kier alpha value is -1.02. The summed E-state index contributed by atoms with van der Waals surface area (Å²) in [6, 6.07) is 11.4. The van der Waals surface area contributed by atoms with Gasteiger partial charge in [0.1, 0.15) is 0 Å². The molecule has 1 saturated carbocycles. The fraction of sp³-hybridized carbons (Fsp3) is 0.667. The van der Waals surface area contributed by atoms with Crippen LogP contribution in [-0.4, -0.2) is 26.2 Å². The maximum absolute atomic E-state index is 3.77. The van der Waals surface area contributed by atoms with Crippen molar-refractivity contribution in [3.05, 3.63) is 30.3 Å². The van der Waals surface area contributed by atoms with Gasteiger partial charge in [0.15, 0.2) is 0 Å². The minimum Gasteiger partial charge on any atom is -0.375 e. The molecule has 0 aliphatic heterocycles. The molecule has 2 rings (SSSR count). The third-order valence-electron chi connectivity index (χ3n) is 4.66. The first-order chi connectivity index (χ1) is 9.79. The molecule has 0 aromatic heterocycles. The van der Waals surface area contributed by atoms with Crippen molar-refractivity contribution in [3.8, 4) is 0 Å². The van der Waals surface area contributed by atoms with Crippen molar-refractivity contribution in [3.63, 3.8) is 0 Å². The third-order valence-corrected chi connectivity index (χ3v) is 4.66. The van der Waals surface area contributed by atoms with Crippen molar-refractivity contribution < 1.29 is 0 Å². The first-order valence-corrected chi connectivity index (χ1v) is 8.29. The van der Waals surface area contributed by atoms with Crippen LogP contribution in [0, 0.1) is 5.92 Å². The molecule has 2 nitrogen and oxygen atoms in total. The van der Waals surface area contributed by atoms with Crippen LogP contribution in [0.15, 0.2) is 30.3 Å². The summed E-state index contributed by atoms with van der Waals surface area (Å²) in [5, 5.41) is 3.77. The Balaban J connectivity index is 1.61. The summed E-state index contributed by atoms with van der Waals surface area (Å²) in [6.45, 7) is 4.61. The molecule has 0 heterocycles. The van der Waals surface area contributed by atoms with Crippen LogP contribution in [-0.2, 0) is 0 Å². The van der Waals surface area contributed by atoms with Crippen LogP contribution in [0.2, 0.25) is 0 Å². The molecule has 1 N–H and O–H groups in total. The highest BCUT2D eigenvalue weighted by Crippen LogP contribution is 2.26. The van der Waals surface area contributed by atoms with Gasteiger partial charge in [-0.25, -0.2) is 0 Å². The molecule has 2 heteroatoms. The van der Waals surface area contributed by atoms with E-state index in [0.717, 1.165) is 25.0 Å². The van der Waals surface area contributed by atoms with E-state index in [1.807, 2.05) is 0 Å². The van der Waals surface area contributed by atoms with Gasteiger partial charge in [-0.1, -0.05) is 44.4 Å². The van der Waals surface area contributed by atoms with Crippen LogP contribution >= 0.6 is 0 Å². The summed E-state index contributed by atoms with van der Waals surface area (Å²) in [5.41, 5.74) is 1.32. The Bertz CT molecular complexity index is 363. The molecule has 112 valence electrons. The Morgan fingerprint density at radius 1 is 1.20 bits per heavy atom. The molecule has 0 bridgehead atoms. The van der Waals surface area contributed by atoms with Gasteiger partial charge in [0.05, 0.1) is 0 Å². The molecule has 1 aliphatic rings. The molecule has 0 saturated heterocycles. The van der Waals surface area contributed by atoms with E-state index in [2.05, 4.69) is 54.5 Å². The van der Waals surface area contributed by atoms with E-state index >= 15 is 0 Å². The molecule has 2 unspecified atom stereocenters. The standard InChI is InChI=1S/C18H30N2/c1-3-16-9-7-10-17(15-16)19-13-8-14-20(2)18-11-5-4-6-12-18/h4-6,11-12,16-17,19H,3,7-10,13-15H2,1-2H3. The zero-order chi connectivity index (χ0) is 14.2. The SMILES string of the molecule is CCC1CCCC(NCCCN(C)c2ccccc2)C1. The lowest BCUT2D eigenvalue weighted by molar-refractivity contribution is 0.279. The maximum Gasteiger partial charge on any atom is 0.0363 e. The first-order valence-electron chi connectivity index (χ1n) is 8.29. The van der Waals surface area contributed by atoms with Gasteiger partial charge < -0.3 is 10.2 Å². The van der Waals surface area contributed by atoms with Crippen LogP contribution < -0.4 is 10.2 Å². The van der Waals surface area contributed by atoms with E-state index in [0.29, 0.717) is 0 Å². The first kappa shape index (κ1) is 15.4. The Labute approximate surface area is 124 Å². The van der Waals surface area contributed by atoms with Gasteiger partial charge in [0.25, 0.3) is 0 Å². The van der Waals surface area contributed by atoms with Crippen molar-refractivity contribution in [2.75, 3.05) is 25.0 Å². The van der Waals surface area contributed by atoms with E-state index < -0.39 is 0 Å². The highest BCUT2D eigenvalue weighted by atomic mass is 15.1. The molecule has 0 spiro atoms. The monoisotopic (exact) mass is 274 g/mol. The second-order valence-corrected chi connectivity index (χ2v) is 6.20. The van der Waals surface area contributed by atoms with Crippen molar-refractivity contribution >= 4 is 5.69 Å². The van der Waals surface area contributed by atoms with E-state index in [9.17, 15) is 0 Å². The smallest absolute Gasteiger partial charge is 0.0363 e. The molecule has 0 radical (unpaired) electrons. The number of hydrogen-bond acceptors (Lipinski definition) is 2. The number of anilines is 1. The predicted octanol–water partition coefficient (Wildman–Crippen LogP) is 4.07. The minimum absolute atomic E-state index is 0.774. The lowest BCUT2D eigenvalue weighted by Gasteiger charge is -2.29. The summed E-state index contributed by atoms with van der Waals surface area (Å²) in [4.78, 5) is 2.34. The normalized spacial score (nSPS) is 22.7. The van der Waals surface area contributed by atoms with Gasteiger partial charge in [0.2, 0.25) is 0 Å². The fourth-order valence-corrected chi connectivity index (χ4v) is 3.28. The van der Waals surface area contributed by atoms with E-state index in [1.165, 1.54) is 44.2 Å². The number of hydrogen-bond donors (Lipinski definition) is 1. The summed E-state index contributed by atoms with van der Waals surface area (Å²) in [6.07, 6.45) is 8.22. The average molecular weight is 274 g/mol. The molecular weight excluding hydrogens is 244 g/mol. The molecule has 1 aromatic carbocycles. The summed E-state index contributed by atoms with van der Waals surface area (Å²) >= 11 is 0. The lowest BCUT2D eigenvalue weighted by atomic mass is 9.84. The second kappa shape index (κ2) is 8.31. The Morgan fingerprint density at radius 3 is 2.75 bits per heavy atom. The lowest BCUT2D eigenvalue weighted by Crippen LogP contribution is -2.35. The van der Waals surface area contributed by atoms with Crippen LogP contribution in [0.3, 0.4) is 0 Å². The van der Waals surface area contributed by atoms with E-state index in [4.69, 9.17) is 0 Å². The van der Waals surface area contributed by atoms with Crippen molar-refractivity contribution in [1.29, 1.82) is 0 Å². The topological polar surface area (TPSA) is 15.3 Å². The second-order valence-electron chi connectivity index (χ2n) is 6.20. The van der Waals surface area contributed by atoms with Crippen LogP contribution in [0.4, 0.5) is 5.69 Å². The molecule has 0 amide bonds. The van der Waals surface area contributed by atoms with Gasteiger partial charge in [-0.15, -0.1) is 0 Å². The number of rotatable bonds is 7. The fourth-order valence-electron chi connectivity index (χ4n) is 3.28. The van der Waals surface area contributed by atoms with Crippen LogP contribution in [0.25, 0.3) is 0 Å². The summed E-state index contributed by atoms with van der Waals surface area (Å²) in [7, 11) is 2.18. The van der Waals surface area contributed by atoms with Crippen LogP contribution in [0.1, 0.15) is 45.4 Å². The van der Waals surface area contributed by atoms with Gasteiger partial charge in [-0.05, 0) is 43.9 Å². The highest BCUT2D eigenvalue weighted by Gasteiger charge is 2.19. The third kappa shape index (κ3) is 4.82. The number of nitrogens with zero attached hydrogens (tertiary/aromatic N) is 1. The Morgan fingerprint density at radius 2 is 2.00 bits per heavy atom. The number of nitrogens with one attached hydrogen (secondary N) is 1. The molecule has 1 aromatic rings. The van der Waals surface area contributed by atoms with Gasteiger partial charge in [-0.3, -0.25) is 0 Å². The maximum atomic E-state index is 3.77. The largest absolute Gasteiger partial charge is 0.375 e. The highest BCUT2D eigenvalue weighted by molar-refractivity contribution is 5.44. The van der Waals surface area contributed by atoms with Gasteiger partial charge >= 0.3 is 0 Å². The molecule has 20 heavy (non-hydrogen) atoms. The van der Waals surface area contributed by atoms with Crippen LogP contribution in [0.5, 0.6) is 0 Å². The molecular formula is C18H30N2. The summed E-state index contributed by atoms with van der Waals surface area (Å²) in [5.74, 6) is 0.966. The zero-order valence-corrected chi connectivity index (χ0v) is 13.1. The van der Waals surface area contributed by atoms with Crippen molar-refractivity contribution in [1.82, 2.24) is 5.32 Å². The van der Waals surface area contributed by atoms with Gasteiger partial charge in [-0.2, -0.15) is 0 Å². The summed E-state index contributed by atoms with van der Waals surface area (Å²) < 4.78 is 0. The molecule has 1 fully saturated rings. The minimum atomic E-state index is 0.774. The molecule has 2 atom stereocenters. The predicted molar refractivity (Wildman–Crippen MR) is 88.4 cm³/mol. The quantitative estimate of drug-likeness (QED) is 0.754. The molecule has 1 aliphatic carbocycles. The van der Waals surface area contributed by atoms with E-state index in [-0.39, 0.29) is 0 Å². The van der Waals surface area contributed by atoms with Gasteiger partial charge in [0, 0.05) is 25.3 Å². The number of benzene rings is 1. The van der Waals surface area contributed by atoms with Crippen molar-refractivity contribution in [2.45, 2.75) is 51.5 Å².